The normalized spacial score (nSPS) is 20.5. The van der Waals surface area contributed by atoms with E-state index in [-0.39, 0.29) is 30.2 Å². The van der Waals surface area contributed by atoms with Crippen molar-refractivity contribution >= 4 is 12.2 Å². The monoisotopic (exact) mass is 455 g/mol. The molecule has 1 saturated carbocycles. The van der Waals surface area contributed by atoms with E-state index in [1.165, 1.54) is 6.07 Å². The van der Waals surface area contributed by atoms with Crippen LogP contribution in [0.15, 0.2) is 59.5 Å². The van der Waals surface area contributed by atoms with Crippen LogP contribution in [0.1, 0.15) is 45.6 Å². The predicted molar refractivity (Wildman–Crippen MR) is 125 cm³/mol. The van der Waals surface area contributed by atoms with Gasteiger partial charge in [0.15, 0.2) is 0 Å². The highest BCUT2D eigenvalue weighted by molar-refractivity contribution is 5.68. The van der Waals surface area contributed by atoms with Gasteiger partial charge in [-0.1, -0.05) is 36.4 Å². The van der Waals surface area contributed by atoms with Gasteiger partial charge in [-0.25, -0.2) is 9.59 Å². The number of hydrogen-bond acceptors (Lipinski definition) is 5. The summed E-state index contributed by atoms with van der Waals surface area (Å²) in [5.74, 6) is -0.0666. The zero-order valence-corrected chi connectivity index (χ0v) is 19.5. The molecular weight excluding hydrogens is 422 g/mol. The lowest BCUT2D eigenvalue weighted by atomic mass is 9.81. The third-order valence-electron chi connectivity index (χ3n) is 5.55. The molecule has 0 radical (unpaired) electrons. The van der Waals surface area contributed by atoms with E-state index in [4.69, 9.17) is 9.47 Å². The molecule has 33 heavy (non-hydrogen) atoms. The standard InChI is InChI=1S/C25H33N3O5/c1-25(2,3)33-24(31)26-20-12-13-21(19(15-20)16-28-14-8-7-11-22(28)29)27-23(30)32-17-18-9-5-4-6-10-18/h4-11,14,19-21H,12-13,15-17H2,1-3H3,(H,26,31)(H,27,30)/t19-,20+,21-/m0/s1. The van der Waals surface area contributed by atoms with Gasteiger partial charge in [0, 0.05) is 30.9 Å². The lowest BCUT2D eigenvalue weighted by Gasteiger charge is -2.37. The number of amides is 2. The van der Waals surface area contributed by atoms with Crippen LogP contribution in [0, 0.1) is 5.92 Å². The number of carbonyl (C=O) groups excluding carboxylic acids is 2. The first-order valence-corrected chi connectivity index (χ1v) is 11.3. The molecule has 1 aromatic carbocycles. The highest BCUT2D eigenvalue weighted by Crippen LogP contribution is 2.27. The SMILES string of the molecule is CC(C)(C)OC(=O)N[C@@H]1CC[C@H](NC(=O)OCc2ccccc2)[C@H](Cn2ccccc2=O)C1. The van der Waals surface area contributed by atoms with Crippen LogP contribution in [0.25, 0.3) is 0 Å². The molecule has 3 rings (SSSR count). The molecule has 0 aliphatic heterocycles. The average Bonchev–Trinajstić information content (AvgIpc) is 2.75. The van der Waals surface area contributed by atoms with Gasteiger partial charge in [-0.15, -0.1) is 0 Å². The number of aromatic nitrogens is 1. The van der Waals surface area contributed by atoms with Gasteiger partial charge in [0.05, 0.1) is 0 Å². The highest BCUT2D eigenvalue weighted by Gasteiger charge is 2.33. The molecule has 0 saturated heterocycles. The van der Waals surface area contributed by atoms with Gasteiger partial charge in [0.1, 0.15) is 12.2 Å². The molecule has 178 valence electrons. The second kappa shape index (κ2) is 11.0. The van der Waals surface area contributed by atoms with E-state index in [0.29, 0.717) is 25.8 Å². The Balaban J connectivity index is 1.64. The summed E-state index contributed by atoms with van der Waals surface area (Å²) in [6.45, 7) is 6.07. The number of hydrogen-bond donors (Lipinski definition) is 2. The van der Waals surface area contributed by atoms with Gasteiger partial charge in [-0.2, -0.15) is 0 Å². The number of rotatable bonds is 6. The molecule has 1 aromatic heterocycles. The summed E-state index contributed by atoms with van der Waals surface area (Å²) in [4.78, 5) is 37.0. The number of pyridine rings is 1. The molecule has 0 spiro atoms. The fourth-order valence-electron chi connectivity index (χ4n) is 4.04. The van der Waals surface area contributed by atoms with E-state index < -0.39 is 17.8 Å². The molecule has 2 aromatic rings. The number of nitrogens with one attached hydrogen (secondary N) is 2. The second-order valence-electron chi connectivity index (χ2n) is 9.42. The van der Waals surface area contributed by atoms with E-state index in [9.17, 15) is 14.4 Å². The Morgan fingerprint density at radius 2 is 1.73 bits per heavy atom. The fourth-order valence-corrected chi connectivity index (χ4v) is 4.04. The topological polar surface area (TPSA) is 98.7 Å². The zero-order valence-electron chi connectivity index (χ0n) is 19.5. The van der Waals surface area contributed by atoms with Crippen molar-refractivity contribution < 1.29 is 19.1 Å². The first-order valence-electron chi connectivity index (χ1n) is 11.3. The van der Waals surface area contributed by atoms with Gasteiger partial charge in [0.2, 0.25) is 0 Å². The first kappa shape index (κ1) is 24.4. The minimum Gasteiger partial charge on any atom is -0.445 e. The summed E-state index contributed by atoms with van der Waals surface area (Å²) in [5.41, 5.74) is 0.220. The lowest BCUT2D eigenvalue weighted by Crippen LogP contribution is -2.51. The Morgan fingerprint density at radius 3 is 2.42 bits per heavy atom. The average molecular weight is 456 g/mol. The van der Waals surface area contributed by atoms with Crippen LogP contribution in [-0.4, -0.2) is 34.4 Å². The minimum atomic E-state index is -0.581. The minimum absolute atomic E-state index is 0.0666. The number of nitrogens with zero attached hydrogens (tertiary/aromatic N) is 1. The van der Waals surface area contributed by atoms with Crippen LogP contribution >= 0.6 is 0 Å². The van der Waals surface area contributed by atoms with E-state index in [2.05, 4.69) is 10.6 Å². The number of benzene rings is 1. The van der Waals surface area contributed by atoms with Crippen molar-refractivity contribution in [1.29, 1.82) is 0 Å². The molecule has 1 fully saturated rings. The maximum Gasteiger partial charge on any atom is 0.407 e. The molecule has 0 unspecified atom stereocenters. The summed E-state index contributed by atoms with van der Waals surface area (Å²) < 4.78 is 12.4. The summed E-state index contributed by atoms with van der Waals surface area (Å²) in [5, 5.41) is 5.90. The first-order chi connectivity index (χ1) is 15.7. The largest absolute Gasteiger partial charge is 0.445 e. The summed E-state index contributed by atoms with van der Waals surface area (Å²) >= 11 is 0. The molecule has 0 bridgehead atoms. The van der Waals surface area contributed by atoms with Crippen molar-refractivity contribution in [2.45, 2.75) is 70.9 Å². The van der Waals surface area contributed by atoms with Crippen molar-refractivity contribution in [2.75, 3.05) is 0 Å². The van der Waals surface area contributed by atoms with E-state index in [1.807, 2.05) is 51.1 Å². The Kier molecular flexibility index (Phi) is 8.14. The van der Waals surface area contributed by atoms with Gasteiger partial charge < -0.3 is 24.7 Å². The summed E-state index contributed by atoms with van der Waals surface area (Å²) in [6.07, 6.45) is 2.71. The highest BCUT2D eigenvalue weighted by atomic mass is 16.6. The Bertz CT molecular complexity index is 983. The van der Waals surface area contributed by atoms with Crippen molar-refractivity contribution in [1.82, 2.24) is 15.2 Å². The van der Waals surface area contributed by atoms with E-state index in [0.717, 1.165) is 5.56 Å². The summed E-state index contributed by atoms with van der Waals surface area (Å²) in [6, 6.07) is 14.2. The van der Waals surface area contributed by atoms with Crippen molar-refractivity contribution in [3.8, 4) is 0 Å². The summed E-state index contributed by atoms with van der Waals surface area (Å²) in [7, 11) is 0. The number of ether oxygens (including phenoxy) is 2. The lowest BCUT2D eigenvalue weighted by molar-refractivity contribution is 0.0470. The number of alkyl carbamates (subject to hydrolysis) is 2. The van der Waals surface area contributed by atoms with Gasteiger partial charge >= 0.3 is 12.2 Å². The third-order valence-corrected chi connectivity index (χ3v) is 5.55. The zero-order chi connectivity index (χ0) is 23.8. The Labute approximate surface area is 194 Å². The Morgan fingerprint density at radius 1 is 1.00 bits per heavy atom. The molecule has 2 amide bonds. The Hall–Kier alpha value is -3.29. The molecule has 2 N–H and O–H groups in total. The molecule has 3 atom stereocenters. The van der Waals surface area contributed by atoms with Crippen LogP contribution in [-0.2, 0) is 22.6 Å². The van der Waals surface area contributed by atoms with Crippen molar-refractivity contribution in [3.05, 3.63) is 70.6 Å². The van der Waals surface area contributed by atoms with Crippen LogP contribution < -0.4 is 16.2 Å². The molecule has 1 heterocycles. The van der Waals surface area contributed by atoms with Gasteiger partial charge in [-0.3, -0.25) is 4.79 Å². The third kappa shape index (κ3) is 7.97. The fraction of sp³-hybridized carbons (Fsp3) is 0.480. The smallest absolute Gasteiger partial charge is 0.407 e. The molecule has 8 heteroatoms. The second-order valence-corrected chi connectivity index (χ2v) is 9.42. The maximum atomic E-state index is 12.5. The van der Waals surface area contributed by atoms with Crippen molar-refractivity contribution in [3.63, 3.8) is 0 Å². The van der Waals surface area contributed by atoms with Gasteiger partial charge in [0.25, 0.3) is 5.56 Å². The maximum absolute atomic E-state index is 12.5. The molecule has 1 aliphatic rings. The van der Waals surface area contributed by atoms with E-state index in [1.54, 1.807) is 22.9 Å². The quantitative estimate of drug-likeness (QED) is 0.690. The van der Waals surface area contributed by atoms with Gasteiger partial charge in [-0.05, 0) is 57.6 Å². The predicted octanol–water partition coefficient (Wildman–Crippen LogP) is 3.84. The van der Waals surface area contributed by atoms with Crippen LogP contribution in [0.2, 0.25) is 0 Å². The van der Waals surface area contributed by atoms with Crippen LogP contribution in [0.3, 0.4) is 0 Å². The molecule has 8 nitrogen and oxygen atoms in total. The molecule has 1 aliphatic carbocycles. The van der Waals surface area contributed by atoms with Crippen LogP contribution in [0.5, 0.6) is 0 Å². The van der Waals surface area contributed by atoms with Crippen molar-refractivity contribution in [2.24, 2.45) is 5.92 Å². The van der Waals surface area contributed by atoms with E-state index >= 15 is 0 Å². The number of carbonyl (C=O) groups is 2. The van der Waals surface area contributed by atoms with Crippen LogP contribution in [0.4, 0.5) is 9.59 Å². The molecular formula is C25H33N3O5.